The van der Waals surface area contributed by atoms with Gasteiger partial charge in [-0.1, -0.05) is 41.9 Å². The van der Waals surface area contributed by atoms with Crippen LogP contribution in [0, 0.1) is 10.1 Å². The molecule has 8 nitrogen and oxygen atoms in total. The maximum absolute atomic E-state index is 12.4. The first-order valence-corrected chi connectivity index (χ1v) is 9.40. The summed E-state index contributed by atoms with van der Waals surface area (Å²) in [4.78, 5) is 21.4. The second kappa shape index (κ2) is 8.26. The molecule has 0 aliphatic rings. The molecule has 2 N–H and O–H groups in total. The van der Waals surface area contributed by atoms with E-state index in [1.165, 1.54) is 6.07 Å². The summed E-state index contributed by atoms with van der Waals surface area (Å²) in [6.45, 7) is 0. The highest BCUT2D eigenvalue weighted by Crippen LogP contribution is 2.30. The lowest BCUT2D eigenvalue weighted by molar-refractivity contribution is -0.384. The molecule has 0 aliphatic carbocycles. The van der Waals surface area contributed by atoms with Crippen LogP contribution in [0.4, 0.5) is 5.69 Å². The molecule has 0 unspecified atom stereocenters. The van der Waals surface area contributed by atoms with E-state index >= 15 is 0 Å². The van der Waals surface area contributed by atoms with Gasteiger partial charge in [-0.3, -0.25) is 14.9 Å². The van der Waals surface area contributed by atoms with Crippen LogP contribution in [0.3, 0.4) is 0 Å². The number of benzene rings is 2. The number of nitro benzene ring substituents is 1. The quantitative estimate of drug-likeness (QED) is 0.520. The largest absolute Gasteiger partial charge is 0.481 e. The van der Waals surface area contributed by atoms with Crippen LogP contribution in [0.1, 0.15) is 23.6 Å². The van der Waals surface area contributed by atoms with Crippen LogP contribution >= 0.6 is 11.6 Å². The fourth-order valence-electron chi connectivity index (χ4n) is 2.35. The highest BCUT2D eigenvalue weighted by atomic mass is 35.5. The molecule has 10 heteroatoms. The summed E-state index contributed by atoms with van der Waals surface area (Å²) in [5.41, 5.74) is 0.223. The van der Waals surface area contributed by atoms with E-state index in [-0.39, 0.29) is 22.0 Å². The Kier molecular flexibility index (Phi) is 6.30. The first kappa shape index (κ1) is 19.8. The molecule has 0 aromatic heterocycles. The SMILES string of the molecule is O=C(O)C[C@H](NS(=O)(=O)Cc1ccccc1)c1cc([N+](=O)[O-])ccc1Cl. The molecule has 2 aromatic carbocycles. The van der Waals surface area contributed by atoms with Crippen LogP contribution in [-0.4, -0.2) is 24.4 Å². The van der Waals surface area contributed by atoms with Crippen molar-refractivity contribution in [3.63, 3.8) is 0 Å². The Hall–Kier alpha value is -2.49. The van der Waals surface area contributed by atoms with Crippen molar-refractivity contribution in [3.05, 3.63) is 74.8 Å². The standard InChI is InChI=1S/C16H15ClN2O6S/c17-14-7-6-12(19(22)23)8-13(14)15(9-16(20)21)18-26(24,25)10-11-4-2-1-3-5-11/h1-8,15,18H,9-10H2,(H,20,21)/t15-/m0/s1. The molecule has 0 heterocycles. The van der Waals surface area contributed by atoms with Crippen LogP contribution in [0.5, 0.6) is 0 Å². The molecular weight excluding hydrogens is 384 g/mol. The van der Waals surface area contributed by atoms with Gasteiger partial charge in [-0.2, -0.15) is 0 Å². The summed E-state index contributed by atoms with van der Waals surface area (Å²) >= 11 is 6.02. The van der Waals surface area contributed by atoms with Crippen LogP contribution < -0.4 is 4.72 Å². The minimum absolute atomic E-state index is 0.0277. The van der Waals surface area contributed by atoms with Gasteiger partial charge in [0.1, 0.15) is 0 Å². The first-order valence-electron chi connectivity index (χ1n) is 7.37. The van der Waals surface area contributed by atoms with E-state index in [1.807, 2.05) is 0 Å². The lowest BCUT2D eigenvalue weighted by Gasteiger charge is -2.18. The number of hydrogen-bond donors (Lipinski definition) is 2. The Bertz CT molecular complexity index is 918. The molecule has 0 bridgehead atoms. The summed E-state index contributed by atoms with van der Waals surface area (Å²) in [6.07, 6.45) is -0.616. The lowest BCUT2D eigenvalue weighted by Crippen LogP contribution is -2.31. The number of carbonyl (C=O) groups is 1. The molecule has 0 amide bonds. The smallest absolute Gasteiger partial charge is 0.305 e. The highest BCUT2D eigenvalue weighted by Gasteiger charge is 2.26. The molecule has 138 valence electrons. The third kappa shape index (κ3) is 5.51. The van der Waals surface area contributed by atoms with Crippen molar-refractivity contribution in [1.29, 1.82) is 0 Å². The van der Waals surface area contributed by atoms with Crippen molar-refractivity contribution in [1.82, 2.24) is 4.72 Å². The van der Waals surface area contributed by atoms with Crippen molar-refractivity contribution in [2.45, 2.75) is 18.2 Å². The molecule has 0 saturated heterocycles. The van der Waals surface area contributed by atoms with Gasteiger partial charge in [-0.25, -0.2) is 13.1 Å². The van der Waals surface area contributed by atoms with Crippen LogP contribution in [0.15, 0.2) is 48.5 Å². The first-order chi connectivity index (χ1) is 12.2. The number of carboxylic acids is 1. The predicted molar refractivity (Wildman–Crippen MR) is 95.3 cm³/mol. The number of nitrogens with zero attached hydrogens (tertiary/aromatic N) is 1. The Morgan fingerprint density at radius 2 is 1.88 bits per heavy atom. The number of nitro groups is 1. The third-order valence-electron chi connectivity index (χ3n) is 3.47. The molecule has 26 heavy (non-hydrogen) atoms. The van der Waals surface area contributed by atoms with Gasteiger partial charge in [0.15, 0.2) is 0 Å². The lowest BCUT2D eigenvalue weighted by atomic mass is 10.0. The predicted octanol–water partition coefficient (Wildman–Crippen LogP) is 2.88. The Morgan fingerprint density at radius 3 is 2.46 bits per heavy atom. The fraction of sp³-hybridized carbons (Fsp3) is 0.188. The average molecular weight is 399 g/mol. The number of carboxylic acid groups (broad SMARTS) is 1. The van der Waals surface area contributed by atoms with Gasteiger partial charge in [0.05, 0.1) is 23.1 Å². The normalized spacial score (nSPS) is 12.5. The summed E-state index contributed by atoms with van der Waals surface area (Å²) in [6, 6.07) is 10.5. The van der Waals surface area contributed by atoms with Gasteiger partial charge in [0.2, 0.25) is 10.0 Å². The molecule has 0 aliphatic heterocycles. The van der Waals surface area contributed by atoms with Crippen molar-refractivity contribution in [3.8, 4) is 0 Å². The van der Waals surface area contributed by atoms with E-state index < -0.39 is 33.4 Å². The van der Waals surface area contributed by atoms with E-state index in [9.17, 15) is 23.3 Å². The molecule has 2 aromatic rings. The topological polar surface area (TPSA) is 127 Å². The maximum Gasteiger partial charge on any atom is 0.305 e. The Labute approximate surface area is 154 Å². The number of halogens is 1. The number of non-ortho nitro benzene ring substituents is 1. The molecule has 1 atom stereocenters. The second-order valence-corrected chi connectivity index (χ2v) is 7.64. The number of rotatable bonds is 8. The van der Waals surface area contributed by atoms with E-state index in [4.69, 9.17) is 16.7 Å². The molecule has 0 spiro atoms. The minimum atomic E-state index is -3.92. The van der Waals surface area contributed by atoms with Crippen LogP contribution in [-0.2, 0) is 20.6 Å². The van der Waals surface area contributed by atoms with Gasteiger partial charge in [0.25, 0.3) is 5.69 Å². The van der Waals surface area contributed by atoms with E-state index in [1.54, 1.807) is 30.3 Å². The van der Waals surface area contributed by atoms with Gasteiger partial charge in [-0.05, 0) is 17.2 Å². The van der Waals surface area contributed by atoms with Gasteiger partial charge < -0.3 is 5.11 Å². The molecule has 0 fully saturated rings. The summed E-state index contributed by atoms with van der Waals surface area (Å²) in [7, 11) is -3.92. The van der Waals surface area contributed by atoms with Crippen molar-refractivity contribution in [2.24, 2.45) is 0 Å². The zero-order chi connectivity index (χ0) is 19.3. The average Bonchev–Trinajstić information content (AvgIpc) is 2.54. The summed E-state index contributed by atoms with van der Waals surface area (Å²) < 4.78 is 27.1. The zero-order valence-corrected chi connectivity index (χ0v) is 14.9. The molecule has 0 saturated carbocycles. The molecular formula is C16H15ClN2O6S. The van der Waals surface area contributed by atoms with Crippen molar-refractivity contribution >= 4 is 33.3 Å². The van der Waals surface area contributed by atoms with Gasteiger partial charge in [-0.15, -0.1) is 0 Å². The highest BCUT2D eigenvalue weighted by molar-refractivity contribution is 7.88. The van der Waals surface area contributed by atoms with Crippen molar-refractivity contribution < 1.29 is 23.2 Å². The maximum atomic E-state index is 12.4. The van der Waals surface area contributed by atoms with E-state index in [2.05, 4.69) is 4.72 Å². The summed E-state index contributed by atoms with van der Waals surface area (Å²) in [5, 5.41) is 20.1. The number of nitrogens with one attached hydrogen (secondary N) is 1. The molecule has 2 rings (SSSR count). The minimum Gasteiger partial charge on any atom is -0.481 e. The van der Waals surface area contributed by atoms with Crippen molar-refractivity contribution in [2.75, 3.05) is 0 Å². The van der Waals surface area contributed by atoms with Crippen LogP contribution in [0.25, 0.3) is 0 Å². The summed E-state index contributed by atoms with van der Waals surface area (Å²) in [5.74, 6) is -1.64. The van der Waals surface area contributed by atoms with Gasteiger partial charge >= 0.3 is 5.97 Å². The zero-order valence-electron chi connectivity index (χ0n) is 13.3. The fourth-order valence-corrected chi connectivity index (χ4v) is 3.96. The second-order valence-electron chi connectivity index (χ2n) is 5.48. The van der Waals surface area contributed by atoms with Crippen LogP contribution in [0.2, 0.25) is 5.02 Å². The number of aliphatic carboxylic acids is 1. The Morgan fingerprint density at radius 1 is 1.23 bits per heavy atom. The van der Waals surface area contributed by atoms with E-state index in [0.29, 0.717) is 5.56 Å². The Balaban J connectivity index is 2.34. The van der Waals surface area contributed by atoms with E-state index in [0.717, 1.165) is 12.1 Å². The number of hydrogen-bond acceptors (Lipinski definition) is 5. The number of sulfonamides is 1. The van der Waals surface area contributed by atoms with Gasteiger partial charge in [0, 0.05) is 17.2 Å². The molecule has 0 radical (unpaired) electrons. The third-order valence-corrected chi connectivity index (χ3v) is 5.17. The monoisotopic (exact) mass is 398 g/mol.